The molecule has 0 aromatic heterocycles. The van der Waals surface area contributed by atoms with E-state index < -0.39 is 9.84 Å². The van der Waals surface area contributed by atoms with Crippen molar-refractivity contribution in [3.63, 3.8) is 0 Å². The molecule has 0 unspecified atom stereocenters. The Labute approximate surface area is 107 Å². The van der Waals surface area contributed by atoms with Gasteiger partial charge in [0.2, 0.25) is 0 Å². The molecule has 0 amide bonds. The van der Waals surface area contributed by atoms with Crippen LogP contribution in [0.1, 0.15) is 52.4 Å². The lowest BCUT2D eigenvalue weighted by Crippen LogP contribution is -2.13. The first-order chi connectivity index (χ1) is 8.04. The van der Waals surface area contributed by atoms with Crippen LogP contribution in [0, 0.1) is 0 Å². The normalized spacial score (nSPS) is 10.8. The maximum atomic E-state index is 10.9. The molecule has 0 saturated heterocycles. The molecule has 0 atom stereocenters. The van der Waals surface area contributed by atoms with Crippen molar-refractivity contribution < 1.29 is 13.5 Å². The number of aliphatic hydroxyl groups is 1. The van der Waals surface area contributed by atoms with Crippen molar-refractivity contribution in [3.8, 4) is 0 Å². The largest absolute Gasteiger partial charge is 0.395 e. The number of hydrogen-bond donors (Lipinski definition) is 2. The lowest BCUT2D eigenvalue weighted by atomic mass is 10.3. The van der Waals surface area contributed by atoms with E-state index in [2.05, 4.69) is 6.92 Å². The van der Waals surface area contributed by atoms with E-state index in [-0.39, 0.29) is 18.1 Å². The highest BCUT2D eigenvalue weighted by Gasteiger charge is 2.07. The summed E-state index contributed by atoms with van der Waals surface area (Å²) in [5.74, 6) is 0.137. The zero-order valence-electron chi connectivity index (χ0n) is 11.3. The van der Waals surface area contributed by atoms with Gasteiger partial charge in [0.1, 0.15) is 0 Å². The molecule has 0 aromatic rings. The van der Waals surface area contributed by atoms with Gasteiger partial charge in [-0.15, -0.1) is 0 Å². The van der Waals surface area contributed by atoms with Gasteiger partial charge in [-0.25, -0.2) is 8.42 Å². The predicted molar refractivity (Wildman–Crippen MR) is 73.8 cm³/mol. The summed E-state index contributed by atoms with van der Waals surface area (Å²) < 4.78 is 21.9. The summed E-state index contributed by atoms with van der Waals surface area (Å²) in [6.45, 7) is 4.80. The van der Waals surface area contributed by atoms with Crippen molar-refractivity contribution in [2.75, 3.05) is 24.7 Å². The fourth-order valence-corrected chi connectivity index (χ4v) is 2.33. The highest BCUT2D eigenvalue weighted by Crippen LogP contribution is 1.99. The molecule has 0 aliphatic heterocycles. The number of hydrogen-bond acceptors (Lipinski definition) is 4. The fourth-order valence-electron chi connectivity index (χ4n) is 1.21. The molecule has 0 aromatic carbocycles. The average molecular weight is 267 g/mol. The molecular weight excluding hydrogens is 238 g/mol. The molecule has 4 nitrogen and oxygen atoms in total. The molecule has 106 valence electrons. The molecular formula is C12H29NO3S. The van der Waals surface area contributed by atoms with Crippen molar-refractivity contribution in [1.29, 1.82) is 0 Å². The minimum absolute atomic E-state index is 0.0866. The third kappa shape index (κ3) is 18.4. The van der Waals surface area contributed by atoms with Gasteiger partial charge >= 0.3 is 0 Å². The van der Waals surface area contributed by atoms with Gasteiger partial charge in [-0.1, -0.05) is 39.5 Å². The Morgan fingerprint density at radius 2 is 1.47 bits per heavy atom. The minimum Gasteiger partial charge on any atom is -0.395 e. The van der Waals surface area contributed by atoms with E-state index in [9.17, 15) is 8.42 Å². The molecule has 5 heteroatoms. The third-order valence-electron chi connectivity index (χ3n) is 2.27. The summed E-state index contributed by atoms with van der Waals surface area (Å²) in [6.07, 6.45) is 6.45. The first kappa shape index (κ1) is 19.2. The van der Waals surface area contributed by atoms with Crippen LogP contribution in [0.3, 0.4) is 0 Å². The highest BCUT2D eigenvalue weighted by molar-refractivity contribution is 7.91. The Balaban J connectivity index is 0. The average Bonchev–Trinajstić information content (AvgIpc) is 2.27. The molecule has 0 spiro atoms. The first-order valence-corrected chi connectivity index (χ1v) is 8.37. The zero-order valence-corrected chi connectivity index (χ0v) is 12.1. The van der Waals surface area contributed by atoms with Gasteiger partial charge in [-0.3, -0.25) is 0 Å². The minimum atomic E-state index is -2.95. The van der Waals surface area contributed by atoms with E-state index in [1.807, 2.05) is 6.92 Å². The Morgan fingerprint density at radius 1 is 0.941 bits per heavy atom. The zero-order chi connectivity index (χ0) is 13.6. The number of rotatable bonds is 9. The van der Waals surface area contributed by atoms with E-state index in [0.29, 0.717) is 0 Å². The standard InChI is InChI=1S/C7H16O3S.C5H13N/c1-2-3-4-6-11(9,10)7-5-8;1-2-3-4-5-6/h8H,2-7H2,1H3;2-6H2,1H3. The quantitative estimate of drug-likeness (QED) is 0.623. The van der Waals surface area contributed by atoms with E-state index in [1.165, 1.54) is 19.3 Å². The molecule has 0 rings (SSSR count). The molecule has 0 saturated carbocycles. The monoisotopic (exact) mass is 267 g/mol. The molecule has 0 heterocycles. The van der Waals surface area contributed by atoms with Crippen LogP contribution < -0.4 is 5.73 Å². The van der Waals surface area contributed by atoms with Crippen molar-refractivity contribution in [3.05, 3.63) is 0 Å². The smallest absolute Gasteiger partial charge is 0.152 e. The van der Waals surface area contributed by atoms with Gasteiger partial charge in [0.05, 0.1) is 18.1 Å². The summed E-state index contributed by atoms with van der Waals surface area (Å²) in [5, 5.41) is 8.38. The second kappa shape index (κ2) is 13.9. The molecule has 3 N–H and O–H groups in total. The summed E-state index contributed by atoms with van der Waals surface area (Å²) in [5.41, 5.74) is 5.21. The molecule has 0 fully saturated rings. The predicted octanol–water partition coefficient (Wildman–Crippen LogP) is 1.72. The molecule has 0 bridgehead atoms. The summed E-state index contributed by atoms with van der Waals surface area (Å²) >= 11 is 0. The molecule has 0 aliphatic carbocycles. The number of aliphatic hydroxyl groups excluding tert-OH is 1. The lowest BCUT2D eigenvalue weighted by Gasteiger charge is -1.99. The van der Waals surface area contributed by atoms with Crippen molar-refractivity contribution in [2.45, 2.75) is 52.4 Å². The summed E-state index contributed by atoms with van der Waals surface area (Å²) in [4.78, 5) is 0. The van der Waals surface area contributed by atoms with Gasteiger partial charge in [0, 0.05) is 0 Å². The Hall–Kier alpha value is -0.130. The third-order valence-corrected chi connectivity index (χ3v) is 3.98. The van der Waals surface area contributed by atoms with Crippen LogP contribution in [0.2, 0.25) is 0 Å². The van der Waals surface area contributed by atoms with Crippen LogP contribution in [0.25, 0.3) is 0 Å². The van der Waals surface area contributed by atoms with Crippen LogP contribution in [0.4, 0.5) is 0 Å². The van der Waals surface area contributed by atoms with Crippen LogP contribution in [-0.4, -0.2) is 38.2 Å². The first-order valence-electron chi connectivity index (χ1n) is 6.55. The van der Waals surface area contributed by atoms with Crippen LogP contribution in [0.15, 0.2) is 0 Å². The maximum absolute atomic E-state index is 10.9. The van der Waals surface area contributed by atoms with Gasteiger partial charge < -0.3 is 10.8 Å². The van der Waals surface area contributed by atoms with E-state index in [4.69, 9.17) is 10.8 Å². The second-order valence-electron chi connectivity index (χ2n) is 4.08. The van der Waals surface area contributed by atoms with Crippen LogP contribution >= 0.6 is 0 Å². The van der Waals surface area contributed by atoms with Crippen LogP contribution in [-0.2, 0) is 9.84 Å². The Kier molecular flexibility index (Phi) is 15.7. The maximum Gasteiger partial charge on any atom is 0.152 e. The van der Waals surface area contributed by atoms with Gasteiger partial charge in [0.25, 0.3) is 0 Å². The van der Waals surface area contributed by atoms with Gasteiger partial charge in [-0.2, -0.15) is 0 Å². The molecule has 17 heavy (non-hydrogen) atoms. The van der Waals surface area contributed by atoms with Crippen molar-refractivity contribution in [1.82, 2.24) is 0 Å². The Morgan fingerprint density at radius 3 is 1.82 bits per heavy atom. The van der Waals surface area contributed by atoms with Gasteiger partial charge in [-0.05, 0) is 19.4 Å². The number of sulfone groups is 1. The SMILES string of the molecule is CCCCCN.CCCCCS(=O)(=O)CCO. The van der Waals surface area contributed by atoms with Crippen molar-refractivity contribution >= 4 is 9.84 Å². The topological polar surface area (TPSA) is 80.4 Å². The van der Waals surface area contributed by atoms with E-state index in [1.54, 1.807) is 0 Å². The highest BCUT2D eigenvalue weighted by atomic mass is 32.2. The Bertz CT molecular complexity index is 224. The number of unbranched alkanes of at least 4 members (excludes halogenated alkanes) is 4. The van der Waals surface area contributed by atoms with Gasteiger partial charge in [0.15, 0.2) is 9.84 Å². The van der Waals surface area contributed by atoms with E-state index in [0.717, 1.165) is 25.8 Å². The van der Waals surface area contributed by atoms with Crippen molar-refractivity contribution in [2.24, 2.45) is 5.73 Å². The molecule has 0 radical (unpaired) electrons. The van der Waals surface area contributed by atoms with E-state index >= 15 is 0 Å². The molecule has 0 aliphatic rings. The fraction of sp³-hybridized carbons (Fsp3) is 1.00. The summed E-state index contributed by atoms with van der Waals surface area (Å²) in [6, 6.07) is 0. The number of nitrogens with two attached hydrogens (primary N) is 1. The second-order valence-corrected chi connectivity index (χ2v) is 6.38. The van der Waals surface area contributed by atoms with Crippen LogP contribution in [0.5, 0.6) is 0 Å². The lowest BCUT2D eigenvalue weighted by molar-refractivity contribution is 0.319. The summed E-state index contributed by atoms with van der Waals surface area (Å²) in [7, 11) is -2.95.